The van der Waals surface area contributed by atoms with Gasteiger partial charge in [0.15, 0.2) is 0 Å². The van der Waals surface area contributed by atoms with Crippen molar-refractivity contribution in [3.05, 3.63) is 17.5 Å². The van der Waals surface area contributed by atoms with Crippen molar-refractivity contribution in [1.29, 1.82) is 0 Å². The van der Waals surface area contributed by atoms with Gasteiger partial charge in [-0.15, -0.1) is 11.6 Å². The van der Waals surface area contributed by atoms with Crippen LogP contribution in [0.1, 0.15) is 13.8 Å². The molecule has 5 heteroatoms. The van der Waals surface area contributed by atoms with Gasteiger partial charge in [0.2, 0.25) is 0 Å². The van der Waals surface area contributed by atoms with Crippen LogP contribution >= 0.6 is 23.2 Å². The predicted octanol–water partition coefficient (Wildman–Crippen LogP) is 2.81. The lowest BCUT2D eigenvalue weighted by Crippen LogP contribution is -2.25. The Balaban J connectivity index is 2.64. The fraction of sp³-hybridized carbons (Fsp3) is 0.556. The second kappa shape index (κ2) is 5.37. The summed E-state index contributed by atoms with van der Waals surface area (Å²) >= 11 is 11.6. The van der Waals surface area contributed by atoms with Crippen molar-refractivity contribution >= 4 is 29.0 Å². The van der Waals surface area contributed by atoms with Gasteiger partial charge in [0, 0.05) is 11.9 Å². The van der Waals surface area contributed by atoms with E-state index in [0.29, 0.717) is 22.6 Å². The number of halogens is 2. The second-order valence-corrected chi connectivity index (χ2v) is 4.00. The average molecular weight is 234 g/mol. The number of aromatic nitrogens is 2. The summed E-state index contributed by atoms with van der Waals surface area (Å²) in [6.07, 6.45) is 3.03. The Morgan fingerprint density at radius 3 is 2.79 bits per heavy atom. The molecule has 0 aliphatic rings. The van der Waals surface area contributed by atoms with Crippen LogP contribution in [0.25, 0.3) is 0 Å². The first-order valence-corrected chi connectivity index (χ1v) is 5.34. The highest BCUT2D eigenvalue weighted by Gasteiger charge is 2.12. The number of alkyl halides is 1. The van der Waals surface area contributed by atoms with Gasteiger partial charge in [-0.1, -0.05) is 18.5 Å². The summed E-state index contributed by atoms with van der Waals surface area (Å²) in [5, 5.41) is 3.72. The Labute approximate surface area is 93.9 Å². The molecule has 0 aliphatic heterocycles. The van der Waals surface area contributed by atoms with E-state index in [2.05, 4.69) is 22.2 Å². The van der Waals surface area contributed by atoms with Gasteiger partial charge in [-0.2, -0.15) is 0 Å². The fourth-order valence-electron chi connectivity index (χ4n) is 0.910. The Bertz CT molecular complexity index is 293. The Morgan fingerprint density at radius 2 is 2.21 bits per heavy atom. The van der Waals surface area contributed by atoms with Gasteiger partial charge in [0.1, 0.15) is 17.2 Å². The molecule has 2 unspecified atom stereocenters. The van der Waals surface area contributed by atoms with E-state index in [1.165, 1.54) is 6.33 Å². The molecule has 0 fully saturated rings. The number of hydrogen-bond donors (Lipinski definition) is 1. The molecule has 0 bridgehead atoms. The molecule has 0 saturated carbocycles. The molecule has 1 heterocycles. The standard InChI is InChI=1S/C9H13Cl2N3/c1-6(3-10)7(2)14-9-8(11)4-12-5-13-9/h4-7H,3H2,1-2H3,(H,12,13,14). The van der Waals surface area contributed by atoms with Gasteiger partial charge in [0.25, 0.3) is 0 Å². The highest BCUT2D eigenvalue weighted by atomic mass is 35.5. The number of nitrogens with zero attached hydrogens (tertiary/aromatic N) is 2. The Morgan fingerprint density at radius 1 is 1.50 bits per heavy atom. The quantitative estimate of drug-likeness (QED) is 0.814. The third-order valence-electron chi connectivity index (χ3n) is 2.13. The van der Waals surface area contributed by atoms with E-state index in [9.17, 15) is 0 Å². The summed E-state index contributed by atoms with van der Waals surface area (Å²) in [6, 6.07) is 0.236. The van der Waals surface area contributed by atoms with Crippen molar-refractivity contribution in [1.82, 2.24) is 9.97 Å². The van der Waals surface area contributed by atoms with E-state index in [1.54, 1.807) is 6.20 Å². The summed E-state index contributed by atoms with van der Waals surface area (Å²) in [5.41, 5.74) is 0. The molecule has 1 rings (SSSR count). The molecule has 0 spiro atoms. The molecule has 1 N–H and O–H groups in total. The molecule has 0 amide bonds. The Hall–Kier alpha value is -0.540. The maximum absolute atomic E-state index is 5.90. The first-order chi connectivity index (χ1) is 6.65. The molecule has 0 saturated heterocycles. The lowest BCUT2D eigenvalue weighted by molar-refractivity contribution is 0.564. The first-order valence-electron chi connectivity index (χ1n) is 4.43. The van der Waals surface area contributed by atoms with Crippen molar-refractivity contribution in [2.45, 2.75) is 19.9 Å². The zero-order chi connectivity index (χ0) is 10.6. The van der Waals surface area contributed by atoms with Crippen LogP contribution in [0.2, 0.25) is 5.02 Å². The van der Waals surface area contributed by atoms with E-state index in [4.69, 9.17) is 23.2 Å². The summed E-state index contributed by atoms with van der Waals surface area (Å²) < 4.78 is 0. The zero-order valence-electron chi connectivity index (χ0n) is 8.17. The van der Waals surface area contributed by atoms with Crippen LogP contribution in [0.5, 0.6) is 0 Å². The fourth-order valence-corrected chi connectivity index (χ4v) is 1.34. The number of rotatable bonds is 4. The van der Waals surface area contributed by atoms with Crippen molar-refractivity contribution in [3.63, 3.8) is 0 Å². The minimum absolute atomic E-state index is 0.236. The molecule has 0 aromatic carbocycles. The monoisotopic (exact) mass is 233 g/mol. The third-order valence-corrected chi connectivity index (χ3v) is 2.89. The molecule has 1 aromatic rings. The molecule has 14 heavy (non-hydrogen) atoms. The highest BCUT2D eigenvalue weighted by molar-refractivity contribution is 6.32. The Kier molecular flexibility index (Phi) is 4.42. The van der Waals surface area contributed by atoms with E-state index in [1.807, 2.05) is 6.92 Å². The van der Waals surface area contributed by atoms with Gasteiger partial charge < -0.3 is 5.32 Å². The van der Waals surface area contributed by atoms with Gasteiger partial charge in [0.05, 0.1) is 6.20 Å². The molecular weight excluding hydrogens is 221 g/mol. The summed E-state index contributed by atoms with van der Waals surface area (Å²) in [6.45, 7) is 4.12. The number of anilines is 1. The van der Waals surface area contributed by atoms with Crippen LogP contribution in [-0.4, -0.2) is 21.9 Å². The lowest BCUT2D eigenvalue weighted by atomic mass is 10.1. The van der Waals surface area contributed by atoms with Crippen LogP contribution in [0.4, 0.5) is 5.82 Å². The van der Waals surface area contributed by atoms with E-state index < -0.39 is 0 Å². The van der Waals surface area contributed by atoms with Crippen molar-refractivity contribution in [2.75, 3.05) is 11.2 Å². The molecule has 2 atom stereocenters. The lowest BCUT2D eigenvalue weighted by Gasteiger charge is -2.19. The molecular formula is C9H13Cl2N3. The summed E-state index contributed by atoms with van der Waals surface area (Å²) in [7, 11) is 0. The van der Waals surface area contributed by atoms with Crippen LogP contribution in [-0.2, 0) is 0 Å². The predicted molar refractivity (Wildman–Crippen MR) is 60.0 cm³/mol. The topological polar surface area (TPSA) is 37.8 Å². The maximum Gasteiger partial charge on any atom is 0.148 e. The summed E-state index contributed by atoms with van der Waals surface area (Å²) in [4.78, 5) is 7.85. The number of nitrogens with one attached hydrogen (secondary N) is 1. The molecule has 0 aliphatic carbocycles. The van der Waals surface area contributed by atoms with Crippen LogP contribution in [0, 0.1) is 5.92 Å². The van der Waals surface area contributed by atoms with E-state index >= 15 is 0 Å². The largest absolute Gasteiger partial charge is 0.366 e. The average Bonchev–Trinajstić information content (AvgIpc) is 2.20. The molecule has 1 aromatic heterocycles. The second-order valence-electron chi connectivity index (χ2n) is 3.28. The van der Waals surface area contributed by atoms with Gasteiger partial charge >= 0.3 is 0 Å². The molecule has 3 nitrogen and oxygen atoms in total. The smallest absolute Gasteiger partial charge is 0.148 e. The maximum atomic E-state index is 5.90. The molecule has 0 radical (unpaired) electrons. The molecule has 78 valence electrons. The van der Waals surface area contributed by atoms with Gasteiger partial charge in [-0.3, -0.25) is 0 Å². The van der Waals surface area contributed by atoms with Crippen molar-refractivity contribution in [3.8, 4) is 0 Å². The highest BCUT2D eigenvalue weighted by Crippen LogP contribution is 2.19. The zero-order valence-corrected chi connectivity index (χ0v) is 9.68. The van der Waals surface area contributed by atoms with E-state index in [-0.39, 0.29) is 6.04 Å². The normalized spacial score (nSPS) is 14.9. The summed E-state index contributed by atoms with van der Waals surface area (Å²) in [5.74, 6) is 1.63. The van der Waals surface area contributed by atoms with Gasteiger partial charge in [-0.25, -0.2) is 9.97 Å². The van der Waals surface area contributed by atoms with Gasteiger partial charge in [-0.05, 0) is 12.8 Å². The van der Waals surface area contributed by atoms with E-state index in [0.717, 1.165) is 0 Å². The third kappa shape index (κ3) is 3.00. The van der Waals surface area contributed by atoms with Crippen molar-refractivity contribution < 1.29 is 0 Å². The van der Waals surface area contributed by atoms with Crippen molar-refractivity contribution in [2.24, 2.45) is 5.92 Å². The van der Waals surface area contributed by atoms with Crippen LogP contribution in [0.15, 0.2) is 12.5 Å². The number of hydrogen-bond acceptors (Lipinski definition) is 3. The minimum atomic E-state index is 0.236. The van der Waals surface area contributed by atoms with Crippen LogP contribution < -0.4 is 5.32 Å². The minimum Gasteiger partial charge on any atom is -0.366 e. The van der Waals surface area contributed by atoms with Crippen LogP contribution in [0.3, 0.4) is 0 Å². The SMILES string of the molecule is CC(CCl)C(C)Nc1ncncc1Cl. The first kappa shape index (κ1) is 11.5.